The highest BCUT2D eigenvalue weighted by atomic mass is 32.2. The largest absolute Gasteiger partial charge is 0.484 e. The molecule has 1 aromatic heterocycles. The number of hydrogen-bond donors (Lipinski definition) is 1. The molecule has 1 N–H and O–H groups in total. The minimum absolute atomic E-state index is 0.0509. The van der Waals surface area contributed by atoms with Gasteiger partial charge in [-0.1, -0.05) is 56.0 Å². The van der Waals surface area contributed by atoms with E-state index < -0.39 is 0 Å². The van der Waals surface area contributed by atoms with E-state index in [0.29, 0.717) is 10.9 Å². The van der Waals surface area contributed by atoms with E-state index in [9.17, 15) is 4.79 Å². The first-order valence-electron chi connectivity index (χ1n) is 7.35. The maximum absolute atomic E-state index is 11.9. The molecule has 0 radical (unpaired) electrons. The lowest BCUT2D eigenvalue weighted by molar-refractivity contribution is -0.118. The van der Waals surface area contributed by atoms with Crippen molar-refractivity contribution in [1.82, 2.24) is 10.2 Å². The number of ether oxygens (including phenoxy) is 1. The Morgan fingerprint density at radius 1 is 1.30 bits per heavy atom. The van der Waals surface area contributed by atoms with Crippen LogP contribution >= 0.6 is 23.1 Å². The van der Waals surface area contributed by atoms with Crippen LogP contribution in [0.25, 0.3) is 0 Å². The lowest BCUT2D eigenvalue weighted by Gasteiger charge is -2.23. The van der Waals surface area contributed by atoms with Gasteiger partial charge in [-0.3, -0.25) is 10.1 Å². The summed E-state index contributed by atoms with van der Waals surface area (Å²) in [5.74, 6) is 0.435. The zero-order valence-corrected chi connectivity index (χ0v) is 15.4. The van der Waals surface area contributed by atoms with Gasteiger partial charge in [0.25, 0.3) is 5.91 Å². The summed E-state index contributed by atoms with van der Waals surface area (Å²) in [7, 11) is 0. The Balaban J connectivity index is 1.86. The zero-order valence-electron chi connectivity index (χ0n) is 13.8. The molecule has 0 unspecified atom stereocenters. The maximum Gasteiger partial charge on any atom is 0.264 e. The molecule has 23 heavy (non-hydrogen) atoms. The van der Waals surface area contributed by atoms with Crippen molar-refractivity contribution in [3.8, 4) is 5.75 Å². The van der Waals surface area contributed by atoms with Crippen molar-refractivity contribution in [3.63, 3.8) is 0 Å². The van der Waals surface area contributed by atoms with E-state index in [1.54, 1.807) is 0 Å². The van der Waals surface area contributed by atoms with E-state index in [4.69, 9.17) is 4.74 Å². The number of aromatic nitrogens is 2. The molecule has 0 aliphatic carbocycles. The second-order valence-electron chi connectivity index (χ2n) is 5.68. The van der Waals surface area contributed by atoms with Crippen molar-refractivity contribution >= 4 is 34.1 Å². The Kier molecular flexibility index (Phi) is 6.01. The van der Waals surface area contributed by atoms with Crippen LogP contribution in [-0.2, 0) is 10.2 Å². The van der Waals surface area contributed by atoms with Crippen LogP contribution in [0.1, 0.15) is 32.8 Å². The summed E-state index contributed by atoms with van der Waals surface area (Å²) in [5, 5.41) is 11.0. The summed E-state index contributed by atoms with van der Waals surface area (Å²) in [6, 6.07) is 7.89. The number of carbonyl (C=O) groups excluding carboxylic acids is 1. The summed E-state index contributed by atoms with van der Waals surface area (Å²) in [5.41, 5.74) is 1.40. The molecule has 0 aliphatic heterocycles. The Morgan fingerprint density at radius 2 is 2.00 bits per heavy atom. The summed E-state index contributed by atoms with van der Waals surface area (Å²) < 4.78 is 6.33. The standard InChI is InChI=1S/C16H21N3O2S2/c1-5-16(2,3)11-6-8-12(9-7-11)21-10-13(20)17-14-18-19-15(22-4)23-14/h6-9H,5,10H2,1-4H3,(H,17,18,20). The first-order chi connectivity index (χ1) is 10.9. The van der Waals surface area contributed by atoms with Crippen LogP contribution in [0, 0.1) is 0 Å². The minimum Gasteiger partial charge on any atom is -0.484 e. The fourth-order valence-corrected chi connectivity index (χ4v) is 3.04. The molecule has 124 valence electrons. The molecule has 7 heteroatoms. The van der Waals surface area contributed by atoms with E-state index in [0.717, 1.165) is 10.8 Å². The highest BCUT2D eigenvalue weighted by Gasteiger charge is 2.17. The van der Waals surface area contributed by atoms with Crippen molar-refractivity contribution in [1.29, 1.82) is 0 Å². The molecular formula is C16H21N3O2S2. The van der Waals surface area contributed by atoms with Crippen molar-refractivity contribution in [3.05, 3.63) is 29.8 Å². The topological polar surface area (TPSA) is 64.1 Å². The van der Waals surface area contributed by atoms with Crippen LogP contribution in [0.4, 0.5) is 5.13 Å². The van der Waals surface area contributed by atoms with Crippen LogP contribution < -0.4 is 10.1 Å². The maximum atomic E-state index is 11.9. The Labute approximate surface area is 144 Å². The molecule has 0 saturated carbocycles. The monoisotopic (exact) mass is 351 g/mol. The van der Waals surface area contributed by atoms with Gasteiger partial charge in [0, 0.05) is 0 Å². The lowest BCUT2D eigenvalue weighted by atomic mass is 9.82. The van der Waals surface area contributed by atoms with Crippen LogP contribution in [0.3, 0.4) is 0 Å². The molecule has 1 heterocycles. The van der Waals surface area contributed by atoms with Crippen LogP contribution in [-0.4, -0.2) is 29.0 Å². The zero-order chi connectivity index (χ0) is 16.9. The summed E-state index contributed by atoms with van der Waals surface area (Å²) >= 11 is 2.84. The number of thioether (sulfide) groups is 1. The van der Waals surface area contributed by atoms with E-state index in [-0.39, 0.29) is 17.9 Å². The molecule has 1 aromatic carbocycles. The number of benzene rings is 1. The van der Waals surface area contributed by atoms with Gasteiger partial charge in [0.2, 0.25) is 5.13 Å². The molecule has 2 aromatic rings. The van der Waals surface area contributed by atoms with Crippen molar-refractivity contribution < 1.29 is 9.53 Å². The third kappa shape index (κ3) is 4.94. The van der Waals surface area contributed by atoms with Gasteiger partial charge in [0.05, 0.1) is 0 Å². The van der Waals surface area contributed by atoms with Gasteiger partial charge in [0.15, 0.2) is 10.9 Å². The molecule has 0 atom stereocenters. The molecule has 1 amide bonds. The smallest absolute Gasteiger partial charge is 0.264 e. The number of hydrogen-bond acceptors (Lipinski definition) is 6. The van der Waals surface area contributed by atoms with Gasteiger partial charge in [0.1, 0.15) is 5.75 Å². The van der Waals surface area contributed by atoms with Gasteiger partial charge in [-0.05, 0) is 35.8 Å². The number of carbonyl (C=O) groups is 1. The third-order valence-electron chi connectivity index (χ3n) is 3.72. The number of nitrogens with zero attached hydrogens (tertiary/aromatic N) is 2. The molecule has 2 rings (SSSR count). The fraction of sp³-hybridized carbons (Fsp3) is 0.438. The number of nitrogens with one attached hydrogen (secondary N) is 1. The number of rotatable bonds is 7. The van der Waals surface area contributed by atoms with Gasteiger partial charge in [-0.15, -0.1) is 10.2 Å². The molecule has 0 aliphatic rings. The van der Waals surface area contributed by atoms with Crippen LogP contribution in [0.5, 0.6) is 5.75 Å². The first-order valence-corrected chi connectivity index (χ1v) is 9.39. The SMILES string of the molecule is CCC(C)(C)c1ccc(OCC(=O)Nc2nnc(SC)s2)cc1. The van der Waals surface area contributed by atoms with E-state index in [2.05, 4.69) is 36.3 Å². The average molecular weight is 351 g/mol. The van der Waals surface area contributed by atoms with Crippen molar-refractivity contribution in [2.75, 3.05) is 18.2 Å². The third-order valence-corrected chi connectivity index (χ3v) is 5.53. The predicted octanol–water partition coefficient (Wildman–Crippen LogP) is 3.97. The van der Waals surface area contributed by atoms with Crippen LogP contribution in [0.2, 0.25) is 0 Å². The van der Waals surface area contributed by atoms with E-state index in [1.807, 2.05) is 30.5 Å². The average Bonchev–Trinajstić information content (AvgIpc) is 3.01. The summed E-state index contributed by atoms with van der Waals surface area (Å²) in [6.07, 6.45) is 2.98. The van der Waals surface area contributed by atoms with Crippen molar-refractivity contribution in [2.45, 2.75) is 36.9 Å². The number of amides is 1. The quantitative estimate of drug-likeness (QED) is 0.604. The Bertz CT molecular complexity index is 654. The molecule has 5 nitrogen and oxygen atoms in total. The molecule has 0 fully saturated rings. The normalized spacial score (nSPS) is 11.3. The molecule has 0 bridgehead atoms. The Hall–Kier alpha value is -1.60. The minimum atomic E-state index is -0.244. The van der Waals surface area contributed by atoms with Gasteiger partial charge < -0.3 is 4.74 Å². The molecular weight excluding hydrogens is 330 g/mol. The van der Waals surface area contributed by atoms with Gasteiger partial charge >= 0.3 is 0 Å². The summed E-state index contributed by atoms with van der Waals surface area (Å²) in [4.78, 5) is 11.9. The highest BCUT2D eigenvalue weighted by molar-refractivity contribution is 8.00. The van der Waals surface area contributed by atoms with Gasteiger partial charge in [-0.25, -0.2) is 0 Å². The van der Waals surface area contributed by atoms with Crippen molar-refractivity contribution in [2.24, 2.45) is 0 Å². The second kappa shape index (κ2) is 7.79. The first kappa shape index (κ1) is 17.7. The fourth-order valence-electron chi connectivity index (χ4n) is 1.85. The lowest BCUT2D eigenvalue weighted by Crippen LogP contribution is -2.20. The predicted molar refractivity (Wildman–Crippen MR) is 95.6 cm³/mol. The highest BCUT2D eigenvalue weighted by Crippen LogP contribution is 2.28. The second-order valence-corrected chi connectivity index (χ2v) is 7.71. The number of anilines is 1. The van der Waals surface area contributed by atoms with E-state index >= 15 is 0 Å². The molecule has 0 saturated heterocycles. The Morgan fingerprint density at radius 3 is 2.57 bits per heavy atom. The van der Waals surface area contributed by atoms with Crippen LogP contribution in [0.15, 0.2) is 28.6 Å². The van der Waals surface area contributed by atoms with E-state index in [1.165, 1.54) is 28.7 Å². The van der Waals surface area contributed by atoms with Gasteiger partial charge in [-0.2, -0.15) is 0 Å². The molecule has 0 spiro atoms. The summed E-state index contributed by atoms with van der Waals surface area (Å²) in [6.45, 7) is 6.54.